The van der Waals surface area contributed by atoms with Gasteiger partial charge >= 0.3 is 6.03 Å². The number of hydrogen-bond acceptors (Lipinski definition) is 2. The summed E-state index contributed by atoms with van der Waals surface area (Å²) in [4.78, 5) is 11.8. The number of carbonyl (C=O) groups is 1. The van der Waals surface area contributed by atoms with Crippen molar-refractivity contribution in [2.24, 2.45) is 5.92 Å². The van der Waals surface area contributed by atoms with E-state index in [4.69, 9.17) is 5.11 Å². The van der Waals surface area contributed by atoms with E-state index in [1.54, 1.807) is 6.92 Å². The number of amides is 2. The molecule has 1 aromatic carbocycles. The van der Waals surface area contributed by atoms with Gasteiger partial charge in [0.15, 0.2) is 0 Å². The fourth-order valence-electron chi connectivity index (χ4n) is 1.45. The fraction of sp³-hybridized carbons (Fsp3) is 0.462. The number of aliphatic hydroxyl groups is 1. The molecule has 0 fully saturated rings. The summed E-state index contributed by atoms with van der Waals surface area (Å²) in [6.07, 6.45) is 0. The predicted molar refractivity (Wildman–Crippen MR) is 76.7 cm³/mol. The second-order valence-electron chi connectivity index (χ2n) is 4.63. The maximum Gasteiger partial charge on any atom is 0.319 e. The van der Waals surface area contributed by atoms with Gasteiger partial charge in [0, 0.05) is 18.3 Å². The molecule has 2 amide bonds. The quantitative estimate of drug-likeness (QED) is 0.793. The summed E-state index contributed by atoms with van der Waals surface area (Å²) in [6.45, 7) is 5.37. The van der Waals surface area contributed by atoms with Crippen molar-refractivity contribution in [3.8, 4) is 0 Å². The normalized spacial score (nSPS) is 13.8. The number of nitrogens with one attached hydrogen (secondary N) is 2. The molecule has 0 saturated carbocycles. The topological polar surface area (TPSA) is 61.4 Å². The van der Waals surface area contributed by atoms with E-state index in [-0.39, 0.29) is 30.4 Å². The maximum absolute atomic E-state index is 13.3. The van der Waals surface area contributed by atoms with Crippen LogP contribution in [-0.2, 0) is 0 Å². The average Bonchev–Trinajstić information content (AvgIpc) is 2.34. The van der Waals surface area contributed by atoms with Gasteiger partial charge in [-0.15, -0.1) is 0 Å². The SMILES string of the molecule is Cc1cc(F)c(Br)cc1NC(=O)N[C@@H](C)[C@@H](C)CO. The molecule has 1 aromatic rings. The van der Waals surface area contributed by atoms with Crippen LogP contribution >= 0.6 is 15.9 Å². The molecule has 4 nitrogen and oxygen atoms in total. The van der Waals surface area contributed by atoms with Crippen molar-refractivity contribution in [1.82, 2.24) is 5.32 Å². The van der Waals surface area contributed by atoms with Crippen LogP contribution in [0.25, 0.3) is 0 Å². The zero-order chi connectivity index (χ0) is 14.6. The lowest BCUT2D eigenvalue weighted by atomic mass is 10.1. The molecule has 0 spiro atoms. The number of anilines is 1. The minimum Gasteiger partial charge on any atom is -0.396 e. The summed E-state index contributed by atoms with van der Waals surface area (Å²) >= 11 is 3.08. The van der Waals surface area contributed by atoms with E-state index >= 15 is 0 Å². The number of aryl methyl sites for hydroxylation is 1. The Balaban J connectivity index is 2.70. The monoisotopic (exact) mass is 332 g/mol. The van der Waals surface area contributed by atoms with Gasteiger partial charge in [-0.2, -0.15) is 0 Å². The predicted octanol–water partition coefficient (Wildman–Crippen LogP) is 3.04. The van der Waals surface area contributed by atoms with E-state index < -0.39 is 0 Å². The van der Waals surface area contributed by atoms with E-state index in [9.17, 15) is 9.18 Å². The van der Waals surface area contributed by atoms with Crippen LogP contribution in [0.5, 0.6) is 0 Å². The Bertz CT molecular complexity index is 468. The summed E-state index contributed by atoms with van der Waals surface area (Å²) in [5.41, 5.74) is 1.17. The number of hydrogen-bond donors (Lipinski definition) is 3. The van der Waals surface area contributed by atoms with Gasteiger partial charge in [-0.05, 0) is 53.4 Å². The second kappa shape index (κ2) is 6.86. The minimum atomic E-state index is -0.380. The first-order valence-electron chi connectivity index (χ1n) is 5.99. The van der Waals surface area contributed by atoms with Gasteiger partial charge in [0.1, 0.15) is 5.82 Å². The van der Waals surface area contributed by atoms with Crippen molar-refractivity contribution < 1.29 is 14.3 Å². The molecule has 0 saturated heterocycles. The largest absolute Gasteiger partial charge is 0.396 e. The van der Waals surface area contributed by atoms with Crippen molar-refractivity contribution >= 4 is 27.6 Å². The molecule has 0 heterocycles. The van der Waals surface area contributed by atoms with E-state index in [0.717, 1.165) is 0 Å². The molecule has 0 aliphatic carbocycles. The lowest BCUT2D eigenvalue weighted by Crippen LogP contribution is -2.40. The Morgan fingerprint density at radius 3 is 2.68 bits per heavy atom. The van der Waals surface area contributed by atoms with Crippen molar-refractivity contribution in [2.45, 2.75) is 26.8 Å². The summed E-state index contributed by atoms with van der Waals surface area (Å²) in [6, 6.07) is 2.33. The van der Waals surface area contributed by atoms with Gasteiger partial charge in [0.2, 0.25) is 0 Å². The van der Waals surface area contributed by atoms with Crippen LogP contribution in [-0.4, -0.2) is 23.8 Å². The van der Waals surface area contributed by atoms with Gasteiger partial charge in [-0.3, -0.25) is 0 Å². The Kier molecular flexibility index (Phi) is 5.75. The zero-order valence-electron chi connectivity index (χ0n) is 11.1. The van der Waals surface area contributed by atoms with Crippen LogP contribution in [0.3, 0.4) is 0 Å². The molecule has 2 atom stereocenters. The van der Waals surface area contributed by atoms with Crippen LogP contribution in [0.2, 0.25) is 0 Å². The molecule has 1 rings (SSSR count). The first-order valence-corrected chi connectivity index (χ1v) is 6.78. The van der Waals surface area contributed by atoms with Crippen molar-refractivity contribution in [1.29, 1.82) is 0 Å². The van der Waals surface area contributed by atoms with E-state index in [0.29, 0.717) is 15.7 Å². The van der Waals surface area contributed by atoms with E-state index in [2.05, 4.69) is 26.6 Å². The number of halogens is 2. The van der Waals surface area contributed by atoms with Crippen molar-refractivity contribution in [3.63, 3.8) is 0 Å². The van der Waals surface area contributed by atoms with Gasteiger partial charge < -0.3 is 15.7 Å². The highest BCUT2D eigenvalue weighted by atomic mass is 79.9. The van der Waals surface area contributed by atoms with Gasteiger partial charge in [0.05, 0.1) is 4.47 Å². The van der Waals surface area contributed by atoms with Gasteiger partial charge in [-0.25, -0.2) is 9.18 Å². The van der Waals surface area contributed by atoms with Crippen LogP contribution in [0.1, 0.15) is 19.4 Å². The van der Waals surface area contributed by atoms with Gasteiger partial charge in [-0.1, -0.05) is 6.92 Å². The lowest BCUT2D eigenvalue weighted by Gasteiger charge is -2.20. The number of benzene rings is 1. The molecule has 3 N–H and O–H groups in total. The number of carbonyl (C=O) groups excluding carboxylic acids is 1. The third-order valence-electron chi connectivity index (χ3n) is 3.02. The molecular formula is C13H18BrFN2O2. The zero-order valence-corrected chi connectivity index (χ0v) is 12.7. The van der Waals surface area contributed by atoms with Crippen LogP contribution in [0, 0.1) is 18.7 Å². The van der Waals surface area contributed by atoms with Gasteiger partial charge in [0.25, 0.3) is 0 Å². The lowest BCUT2D eigenvalue weighted by molar-refractivity contribution is 0.204. The Hall–Kier alpha value is -1.14. The molecule has 0 aromatic heterocycles. The smallest absolute Gasteiger partial charge is 0.319 e. The molecular weight excluding hydrogens is 315 g/mol. The molecule has 0 radical (unpaired) electrons. The summed E-state index contributed by atoms with van der Waals surface area (Å²) in [7, 11) is 0. The van der Waals surface area contributed by atoms with Crippen molar-refractivity contribution in [3.05, 3.63) is 28.0 Å². The number of aliphatic hydroxyl groups excluding tert-OH is 1. The summed E-state index contributed by atoms with van der Waals surface area (Å²) < 4.78 is 13.6. The standard InChI is InChI=1S/C13H18BrFN2O2/c1-7-4-11(15)10(14)5-12(7)17-13(19)16-9(3)8(2)6-18/h4-5,8-9,18H,6H2,1-3H3,(H2,16,17,19)/t8-,9-/m0/s1. The Labute approximate surface area is 120 Å². The molecule has 0 unspecified atom stereocenters. The van der Waals surface area contributed by atoms with E-state index in [1.165, 1.54) is 12.1 Å². The minimum absolute atomic E-state index is 0.00255. The fourth-order valence-corrected chi connectivity index (χ4v) is 1.79. The Morgan fingerprint density at radius 2 is 2.11 bits per heavy atom. The molecule has 0 aliphatic rings. The molecule has 0 aliphatic heterocycles. The second-order valence-corrected chi connectivity index (χ2v) is 5.48. The highest BCUT2D eigenvalue weighted by Crippen LogP contribution is 2.24. The van der Waals surface area contributed by atoms with Crippen molar-refractivity contribution in [2.75, 3.05) is 11.9 Å². The summed E-state index contributed by atoms with van der Waals surface area (Å²) in [5, 5.41) is 14.4. The molecule has 6 heteroatoms. The highest BCUT2D eigenvalue weighted by molar-refractivity contribution is 9.10. The average molecular weight is 333 g/mol. The molecule has 19 heavy (non-hydrogen) atoms. The Morgan fingerprint density at radius 1 is 1.47 bits per heavy atom. The van der Waals surface area contributed by atoms with E-state index in [1.807, 2.05) is 13.8 Å². The number of rotatable bonds is 4. The molecule has 106 valence electrons. The third-order valence-corrected chi connectivity index (χ3v) is 3.62. The number of urea groups is 1. The first-order chi connectivity index (χ1) is 8.85. The van der Waals surface area contributed by atoms with Crippen LogP contribution in [0.4, 0.5) is 14.9 Å². The highest BCUT2D eigenvalue weighted by Gasteiger charge is 2.15. The first kappa shape index (κ1) is 15.9. The third kappa shape index (κ3) is 4.47. The van der Waals surface area contributed by atoms with Crippen LogP contribution < -0.4 is 10.6 Å². The van der Waals surface area contributed by atoms with Crippen LogP contribution in [0.15, 0.2) is 16.6 Å². The maximum atomic E-state index is 13.3. The summed E-state index contributed by atoms with van der Waals surface area (Å²) in [5.74, 6) is -0.405. The molecule has 0 bridgehead atoms.